The molecule has 5 aromatic rings. The molecule has 1 aliphatic rings. The molecule has 7 heteroatoms. The Bertz CT molecular complexity index is 1730. The largest absolute Gasteiger partial charge is 0.392 e. The summed E-state index contributed by atoms with van der Waals surface area (Å²) in [7, 11) is 2.94. The number of rotatable bonds is 7. The number of aryl methyl sites for hydroxylation is 3. The molecule has 1 unspecified atom stereocenters. The van der Waals surface area contributed by atoms with Crippen molar-refractivity contribution in [2.45, 2.75) is 73.0 Å². The first-order valence-corrected chi connectivity index (χ1v) is 15.4. The van der Waals surface area contributed by atoms with Gasteiger partial charge in [-0.05, 0) is 65.4 Å². The van der Waals surface area contributed by atoms with E-state index in [2.05, 4.69) is 94.8 Å². The average molecular weight is 566 g/mol. The van der Waals surface area contributed by atoms with Crippen molar-refractivity contribution < 1.29 is 5.11 Å². The Morgan fingerprint density at radius 1 is 1.07 bits per heavy atom. The van der Waals surface area contributed by atoms with Crippen LogP contribution in [-0.2, 0) is 32.4 Å². The fourth-order valence-electron chi connectivity index (χ4n) is 6.42. The maximum Gasteiger partial charge on any atom is 0.131 e. The molecule has 0 saturated heterocycles. The number of nitrogens with one attached hydrogen (secondary N) is 1. The number of anilines is 1. The van der Waals surface area contributed by atoms with Crippen molar-refractivity contribution in [3.8, 4) is 16.9 Å². The highest BCUT2D eigenvalue weighted by atomic mass is 31.0. The van der Waals surface area contributed by atoms with E-state index in [-0.39, 0.29) is 6.61 Å². The fraction of sp³-hybridized carbons (Fsp3) is 0.353. The van der Waals surface area contributed by atoms with Crippen LogP contribution in [0.5, 0.6) is 0 Å². The Balaban J connectivity index is 1.61. The molecule has 0 bridgehead atoms. The van der Waals surface area contributed by atoms with Crippen molar-refractivity contribution in [3.05, 3.63) is 87.9 Å². The fourth-order valence-corrected chi connectivity index (χ4v) is 6.91. The Morgan fingerprint density at radius 3 is 2.49 bits per heavy atom. The van der Waals surface area contributed by atoms with Gasteiger partial charge in [-0.1, -0.05) is 52.0 Å². The molecule has 0 saturated carbocycles. The second-order valence-corrected chi connectivity index (χ2v) is 12.1. The molecular formula is C34H40N5OP. The van der Waals surface area contributed by atoms with Gasteiger partial charge in [-0.3, -0.25) is 0 Å². The van der Waals surface area contributed by atoms with Crippen LogP contribution in [-0.4, -0.2) is 31.4 Å². The molecule has 1 aliphatic heterocycles. The highest BCUT2D eigenvalue weighted by molar-refractivity contribution is 7.28. The number of pyridine rings is 1. The maximum atomic E-state index is 10.1. The first-order chi connectivity index (χ1) is 19.9. The predicted octanol–water partition coefficient (Wildman–Crippen LogP) is 6.53. The van der Waals surface area contributed by atoms with E-state index in [1.807, 2.05) is 12.4 Å². The predicted molar refractivity (Wildman–Crippen MR) is 173 cm³/mol. The summed E-state index contributed by atoms with van der Waals surface area (Å²) in [6.45, 7) is 12.7. The SMILES string of the molecule is CCc1cccc(CC)c1-n1nc2c(c1-c1c(P)cc(CO)c3[nH]ccc13)CN(c1ncc(C(C)C)cc1C)CC2. The summed E-state index contributed by atoms with van der Waals surface area (Å²) < 4.78 is 2.24. The lowest BCUT2D eigenvalue weighted by Crippen LogP contribution is -2.31. The summed E-state index contributed by atoms with van der Waals surface area (Å²) in [5.74, 6) is 1.50. The molecule has 0 aliphatic carbocycles. The van der Waals surface area contributed by atoms with E-state index in [1.165, 1.54) is 33.5 Å². The zero-order chi connectivity index (χ0) is 28.8. The Labute approximate surface area is 245 Å². The highest BCUT2D eigenvalue weighted by Crippen LogP contribution is 2.40. The van der Waals surface area contributed by atoms with E-state index < -0.39 is 0 Å². The normalized spacial score (nSPS) is 13.4. The van der Waals surface area contributed by atoms with Gasteiger partial charge in [0.1, 0.15) is 5.82 Å². The molecule has 212 valence electrons. The molecule has 1 atom stereocenters. The number of hydrogen-bond acceptors (Lipinski definition) is 4. The number of para-hydroxylation sites is 1. The van der Waals surface area contributed by atoms with Gasteiger partial charge in [0.25, 0.3) is 0 Å². The van der Waals surface area contributed by atoms with Crippen LogP contribution in [0, 0.1) is 6.92 Å². The Hall–Kier alpha value is -3.47. The van der Waals surface area contributed by atoms with E-state index in [1.54, 1.807) is 0 Å². The van der Waals surface area contributed by atoms with Crippen LogP contribution in [0.3, 0.4) is 0 Å². The van der Waals surface area contributed by atoms with E-state index in [9.17, 15) is 5.11 Å². The zero-order valence-electron chi connectivity index (χ0n) is 24.8. The van der Waals surface area contributed by atoms with Crippen molar-refractivity contribution in [1.29, 1.82) is 0 Å². The molecule has 3 aromatic heterocycles. The van der Waals surface area contributed by atoms with Crippen molar-refractivity contribution >= 4 is 31.3 Å². The molecule has 6 nitrogen and oxygen atoms in total. The summed E-state index contributed by atoms with van der Waals surface area (Å²) in [5.41, 5.74) is 12.8. The Morgan fingerprint density at radius 2 is 1.83 bits per heavy atom. The number of nitrogens with zero attached hydrogens (tertiary/aromatic N) is 4. The lowest BCUT2D eigenvalue weighted by molar-refractivity contribution is 0.283. The number of benzene rings is 2. The third-order valence-corrected chi connectivity index (χ3v) is 9.07. The van der Waals surface area contributed by atoms with Crippen LogP contribution >= 0.6 is 9.24 Å². The molecule has 2 N–H and O–H groups in total. The van der Waals surface area contributed by atoms with Crippen molar-refractivity contribution in [1.82, 2.24) is 19.7 Å². The summed E-state index contributed by atoms with van der Waals surface area (Å²) in [6, 6.07) is 13.1. The number of fused-ring (bicyclic) bond motifs is 2. The molecule has 6 rings (SSSR count). The van der Waals surface area contributed by atoms with Crippen LogP contribution < -0.4 is 10.2 Å². The molecule has 0 spiro atoms. The van der Waals surface area contributed by atoms with Gasteiger partial charge in [-0.2, -0.15) is 5.10 Å². The molecule has 2 aromatic carbocycles. The minimum atomic E-state index is -0.0141. The van der Waals surface area contributed by atoms with E-state index >= 15 is 0 Å². The summed E-state index contributed by atoms with van der Waals surface area (Å²) in [5, 5.41) is 17.7. The first kappa shape index (κ1) is 27.7. The number of hydrogen-bond donors (Lipinski definition) is 2. The van der Waals surface area contributed by atoms with Crippen molar-refractivity contribution in [2.24, 2.45) is 0 Å². The molecule has 0 fully saturated rings. The summed E-state index contributed by atoms with van der Waals surface area (Å²) in [6.07, 6.45) is 6.73. The van der Waals surface area contributed by atoms with E-state index in [4.69, 9.17) is 10.1 Å². The molecule has 0 radical (unpaired) electrons. The standard InChI is InChI=1S/C34H40N5OP/c1-6-22-9-8-10-23(7-2)32(22)39-33(30-26-11-13-35-31(26)25(19-40)16-29(30)41)27-18-38(14-12-28(27)37-39)34-21(5)15-24(17-36-34)20(3)4/h8-11,13,15-17,20,35,40H,6-7,12,14,18-19,41H2,1-5H3. The third-order valence-electron chi connectivity index (χ3n) is 8.61. The maximum absolute atomic E-state index is 10.1. The van der Waals surface area contributed by atoms with E-state index in [0.717, 1.165) is 76.9 Å². The van der Waals surface area contributed by atoms with Crippen molar-refractivity contribution in [2.75, 3.05) is 11.4 Å². The molecule has 0 amide bonds. The highest BCUT2D eigenvalue weighted by Gasteiger charge is 2.30. The smallest absolute Gasteiger partial charge is 0.131 e. The second-order valence-electron chi connectivity index (χ2n) is 11.5. The third kappa shape index (κ3) is 4.67. The summed E-state index contributed by atoms with van der Waals surface area (Å²) >= 11 is 0. The van der Waals surface area contributed by atoms with Crippen molar-refractivity contribution in [3.63, 3.8) is 0 Å². The molecule has 41 heavy (non-hydrogen) atoms. The number of H-pyrrole nitrogens is 1. The van der Waals surface area contributed by atoms with Gasteiger partial charge in [0.05, 0.1) is 29.2 Å². The van der Waals surface area contributed by atoms with Crippen LogP contribution in [0.15, 0.2) is 48.8 Å². The lowest BCUT2D eigenvalue weighted by Gasteiger charge is -2.30. The van der Waals surface area contributed by atoms with Crippen LogP contribution in [0.25, 0.3) is 27.8 Å². The van der Waals surface area contributed by atoms with Crippen LogP contribution in [0.4, 0.5) is 5.82 Å². The number of aromatic amines is 1. The zero-order valence-corrected chi connectivity index (χ0v) is 25.9. The van der Waals surface area contributed by atoms with Gasteiger partial charge in [-0.15, -0.1) is 9.24 Å². The van der Waals surface area contributed by atoms with Crippen LogP contribution in [0.1, 0.15) is 72.7 Å². The molecular weight excluding hydrogens is 525 g/mol. The topological polar surface area (TPSA) is 70.0 Å². The average Bonchev–Trinajstić information content (AvgIpc) is 3.61. The summed E-state index contributed by atoms with van der Waals surface area (Å²) in [4.78, 5) is 10.8. The van der Waals surface area contributed by atoms with Gasteiger partial charge < -0.3 is 15.0 Å². The monoisotopic (exact) mass is 565 g/mol. The second kappa shape index (κ2) is 11.1. The molecule has 4 heterocycles. The van der Waals surface area contributed by atoms with Gasteiger partial charge in [0.15, 0.2) is 0 Å². The van der Waals surface area contributed by atoms with Gasteiger partial charge >= 0.3 is 0 Å². The number of aromatic nitrogens is 4. The lowest BCUT2D eigenvalue weighted by atomic mass is 9.95. The quantitative estimate of drug-likeness (QED) is 0.220. The first-order valence-electron chi connectivity index (χ1n) is 14.8. The minimum Gasteiger partial charge on any atom is -0.392 e. The number of aliphatic hydroxyl groups excluding tert-OH is 1. The Kier molecular flexibility index (Phi) is 7.48. The van der Waals surface area contributed by atoms with Gasteiger partial charge in [0.2, 0.25) is 0 Å². The van der Waals surface area contributed by atoms with Gasteiger partial charge in [0, 0.05) is 54.0 Å². The van der Waals surface area contributed by atoms with Crippen LogP contribution in [0.2, 0.25) is 0 Å². The number of aliphatic hydroxyl groups is 1. The minimum absolute atomic E-state index is 0.0141. The van der Waals surface area contributed by atoms with E-state index in [0.29, 0.717) is 5.92 Å². The van der Waals surface area contributed by atoms with Gasteiger partial charge in [-0.25, -0.2) is 9.67 Å².